The van der Waals surface area contributed by atoms with Crippen molar-refractivity contribution in [1.29, 1.82) is 0 Å². The van der Waals surface area contributed by atoms with Crippen LogP contribution >= 0.6 is 7.60 Å². The zero-order valence-corrected chi connectivity index (χ0v) is 19.1. The second-order valence-corrected chi connectivity index (χ2v) is 9.16. The molecule has 1 fully saturated rings. The lowest BCUT2D eigenvalue weighted by atomic mass is 10.1. The lowest BCUT2D eigenvalue weighted by Crippen LogP contribution is -2.25. The van der Waals surface area contributed by atoms with Crippen molar-refractivity contribution in [2.24, 2.45) is 5.92 Å². The van der Waals surface area contributed by atoms with Crippen molar-refractivity contribution < 1.29 is 23.1 Å². The number of hydrogen-bond donors (Lipinski definition) is 1. The van der Waals surface area contributed by atoms with E-state index in [1.165, 1.54) is 6.33 Å². The summed E-state index contributed by atoms with van der Waals surface area (Å²) in [5.74, 6) is 1.87. The van der Waals surface area contributed by atoms with Gasteiger partial charge in [-0.05, 0) is 39.5 Å². The number of anilines is 1. The highest BCUT2D eigenvalue weighted by atomic mass is 31.2. The fourth-order valence-electron chi connectivity index (χ4n) is 3.39. The van der Waals surface area contributed by atoms with Gasteiger partial charge in [0.2, 0.25) is 0 Å². The van der Waals surface area contributed by atoms with Crippen LogP contribution in [0.25, 0.3) is 11.2 Å². The number of nitrogens with two attached hydrogens (primary N) is 1. The summed E-state index contributed by atoms with van der Waals surface area (Å²) in [6, 6.07) is 0. The Labute approximate surface area is 182 Å². The topological polar surface area (TPSA) is 124 Å². The minimum atomic E-state index is -3.28. The predicted molar refractivity (Wildman–Crippen MR) is 117 cm³/mol. The van der Waals surface area contributed by atoms with E-state index in [1.807, 2.05) is 10.6 Å². The lowest BCUT2D eigenvalue weighted by molar-refractivity contribution is -0.167. The van der Waals surface area contributed by atoms with Crippen LogP contribution in [0.15, 0.2) is 24.5 Å². The molecule has 0 aromatic carbocycles. The Kier molecular flexibility index (Phi) is 8.98. The van der Waals surface area contributed by atoms with Gasteiger partial charge in [-0.2, -0.15) is 0 Å². The Bertz CT molecular complexity index is 889. The SMILES string of the molecule is CCOP(=O)(/C=C/[C@@H](CCn1cnc2c(N)ncnc21)CO[C@H]1CCCCO1)OCC. The molecule has 2 N–H and O–H groups in total. The number of nitrogens with zero attached hydrogens (tertiary/aromatic N) is 4. The first-order valence-corrected chi connectivity index (χ1v) is 12.4. The summed E-state index contributed by atoms with van der Waals surface area (Å²) in [6.07, 6.45) is 8.54. The van der Waals surface area contributed by atoms with Gasteiger partial charge < -0.3 is 28.8 Å². The second kappa shape index (κ2) is 11.7. The molecule has 10 nitrogen and oxygen atoms in total. The zero-order valence-electron chi connectivity index (χ0n) is 18.2. The van der Waals surface area contributed by atoms with Crippen LogP contribution in [0.4, 0.5) is 5.82 Å². The molecule has 11 heteroatoms. The molecule has 2 atom stereocenters. The van der Waals surface area contributed by atoms with Gasteiger partial charge in [0, 0.05) is 24.9 Å². The number of ether oxygens (including phenoxy) is 2. The smallest absolute Gasteiger partial charge is 0.353 e. The zero-order chi connectivity index (χ0) is 22.1. The van der Waals surface area contributed by atoms with E-state index < -0.39 is 7.60 Å². The fourth-order valence-corrected chi connectivity index (χ4v) is 4.81. The number of nitrogen functional groups attached to an aromatic ring is 1. The number of aromatic nitrogens is 4. The highest BCUT2D eigenvalue weighted by Crippen LogP contribution is 2.49. The Morgan fingerprint density at radius 2 is 2.10 bits per heavy atom. The molecule has 0 saturated carbocycles. The molecule has 1 saturated heterocycles. The summed E-state index contributed by atoms with van der Waals surface area (Å²) in [5, 5.41) is 0. The average Bonchev–Trinajstić information content (AvgIpc) is 3.19. The van der Waals surface area contributed by atoms with E-state index in [-0.39, 0.29) is 12.2 Å². The van der Waals surface area contributed by atoms with Gasteiger partial charge in [-0.3, -0.25) is 4.57 Å². The van der Waals surface area contributed by atoms with Crippen LogP contribution in [0.2, 0.25) is 0 Å². The first-order chi connectivity index (χ1) is 15.0. The monoisotopic (exact) mass is 453 g/mol. The average molecular weight is 453 g/mol. The Morgan fingerprint density at radius 1 is 1.29 bits per heavy atom. The van der Waals surface area contributed by atoms with Crippen molar-refractivity contribution in [2.45, 2.75) is 52.4 Å². The molecular formula is C20H32N5O5P. The number of imidazole rings is 1. The molecular weight excluding hydrogens is 421 g/mol. The van der Waals surface area contributed by atoms with E-state index >= 15 is 0 Å². The molecule has 0 amide bonds. The van der Waals surface area contributed by atoms with Crippen LogP contribution in [0.1, 0.15) is 39.5 Å². The van der Waals surface area contributed by atoms with E-state index in [1.54, 1.807) is 26.0 Å². The van der Waals surface area contributed by atoms with Gasteiger partial charge in [-0.25, -0.2) is 15.0 Å². The molecule has 0 bridgehead atoms. The molecule has 0 spiro atoms. The van der Waals surface area contributed by atoms with Crippen LogP contribution in [-0.2, 0) is 29.6 Å². The number of rotatable bonds is 12. The first-order valence-electron chi connectivity index (χ1n) is 10.8. The van der Waals surface area contributed by atoms with Gasteiger partial charge in [0.05, 0.1) is 26.1 Å². The molecule has 0 radical (unpaired) electrons. The van der Waals surface area contributed by atoms with Crippen molar-refractivity contribution in [3.8, 4) is 0 Å². The maximum absolute atomic E-state index is 12.8. The van der Waals surface area contributed by atoms with Gasteiger partial charge in [-0.1, -0.05) is 6.08 Å². The molecule has 1 aliphatic rings. The third kappa shape index (κ3) is 6.82. The molecule has 0 aliphatic carbocycles. The number of aryl methyl sites for hydroxylation is 1. The first kappa shape index (κ1) is 23.8. The molecule has 2 aromatic heterocycles. The largest absolute Gasteiger partial charge is 0.382 e. The van der Waals surface area contributed by atoms with Gasteiger partial charge >= 0.3 is 7.60 Å². The number of fused-ring (bicyclic) bond motifs is 1. The lowest BCUT2D eigenvalue weighted by Gasteiger charge is -2.24. The van der Waals surface area contributed by atoms with Crippen molar-refractivity contribution >= 4 is 24.6 Å². The Hall–Kier alpha value is -1.84. The van der Waals surface area contributed by atoms with E-state index in [4.69, 9.17) is 24.3 Å². The fraction of sp³-hybridized carbons (Fsp3) is 0.650. The maximum Gasteiger partial charge on any atom is 0.353 e. The standard InChI is InChI=1S/C20H32N5O5P/c1-3-29-31(26,30-4-2)12-9-16(13-28-17-7-5-6-11-27-17)8-10-25-15-24-18-19(21)22-14-23-20(18)25/h9,12,14-17H,3-8,10-11,13H2,1-2H3,(H2,21,22,23)/b12-9+/t16-,17+/m1/s1. The summed E-state index contributed by atoms with van der Waals surface area (Å²) in [4.78, 5) is 12.6. The highest BCUT2D eigenvalue weighted by molar-refractivity contribution is 7.57. The summed E-state index contributed by atoms with van der Waals surface area (Å²) in [5.41, 5.74) is 7.14. The van der Waals surface area contributed by atoms with Crippen LogP contribution < -0.4 is 5.73 Å². The van der Waals surface area contributed by atoms with E-state index in [0.29, 0.717) is 49.8 Å². The third-order valence-corrected chi connectivity index (χ3v) is 6.74. The second-order valence-electron chi connectivity index (χ2n) is 7.26. The van der Waals surface area contributed by atoms with Crippen molar-refractivity contribution in [1.82, 2.24) is 19.5 Å². The van der Waals surface area contributed by atoms with Gasteiger partial charge in [0.15, 0.2) is 17.8 Å². The Morgan fingerprint density at radius 3 is 2.81 bits per heavy atom. The van der Waals surface area contributed by atoms with Crippen LogP contribution in [0.5, 0.6) is 0 Å². The van der Waals surface area contributed by atoms with Crippen LogP contribution in [-0.4, -0.2) is 52.2 Å². The minimum Gasteiger partial charge on any atom is -0.382 e. The van der Waals surface area contributed by atoms with Crippen LogP contribution in [0, 0.1) is 5.92 Å². The molecule has 3 heterocycles. The molecule has 0 unspecified atom stereocenters. The molecule has 1 aliphatic heterocycles. The van der Waals surface area contributed by atoms with Crippen LogP contribution in [0.3, 0.4) is 0 Å². The van der Waals surface area contributed by atoms with Gasteiger partial charge in [0.1, 0.15) is 11.8 Å². The van der Waals surface area contributed by atoms with Gasteiger partial charge in [-0.15, -0.1) is 0 Å². The van der Waals surface area contributed by atoms with Crippen molar-refractivity contribution in [2.75, 3.05) is 32.2 Å². The molecule has 3 rings (SSSR count). The van der Waals surface area contributed by atoms with E-state index in [0.717, 1.165) is 25.9 Å². The summed E-state index contributed by atoms with van der Waals surface area (Å²) in [7, 11) is -3.28. The van der Waals surface area contributed by atoms with Gasteiger partial charge in [0.25, 0.3) is 0 Å². The molecule has 172 valence electrons. The molecule has 31 heavy (non-hydrogen) atoms. The maximum atomic E-state index is 12.8. The molecule has 2 aromatic rings. The summed E-state index contributed by atoms with van der Waals surface area (Å²) >= 11 is 0. The Balaban J connectivity index is 1.69. The quantitative estimate of drug-likeness (QED) is 0.479. The third-order valence-electron chi connectivity index (χ3n) is 4.96. The van der Waals surface area contributed by atoms with Crippen molar-refractivity contribution in [3.05, 3.63) is 24.5 Å². The summed E-state index contributed by atoms with van der Waals surface area (Å²) < 4.78 is 37.2. The normalized spacial score (nSPS) is 18.7. The van der Waals surface area contributed by atoms with E-state index in [9.17, 15) is 4.57 Å². The van der Waals surface area contributed by atoms with Crippen molar-refractivity contribution in [3.63, 3.8) is 0 Å². The highest BCUT2D eigenvalue weighted by Gasteiger charge is 2.21. The summed E-state index contributed by atoms with van der Waals surface area (Å²) in [6.45, 7) is 5.98. The minimum absolute atomic E-state index is 0.0311. The predicted octanol–water partition coefficient (Wildman–Crippen LogP) is 3.74. The number of hydrogen-bond acceptors (Lipinski definition) is 9. The van der Waals surface area contributed by atoms with E-state index in [2.05, 4.69) is 15.0 Å².